The molecule has 4 aliphatic rings. The molecule has 0 unspecified atom stereocenters. The van der Waals surface area contributed by atoms with E-state index < -0.39 is 0 Å². The number of imidazole rings is 1. The summed E-state index contributed by atoms with van der Waals surface area (Å²) in [6, 6.07) is 4.66. The number of rotatable bonds is 4. The van der Waals surface area contributed by atoms with Crippen molar-refractivity contribution in [1.29, 1.82) is 0 Å². The SMILES string of the molecule is Cn1c(CCNC(=O)C23CC4CC(CC(C4)C2)C3)nc2ccc(F)cc21. The lowest BCUT2D eigenvalue weighted by molar-refractivity contribution is -0.146. The Morgan fingerprint density at radius 1 is 1.23 bits per heavy atom. The third-order valence-corrected chi connectivity index (χ3v) is 7.09. The summed E-state index contributed by atoms with van der Waals surface area (Å²) in [5.41, 5.74) is 1.51. The Morgan fingerprint density at radius 2 is 1.88 bits per heavy atom. The average molecular weight is 355 g/mol. The lowest BCUT2D eigenvalue weighted by atomic mass is 9.49. The number of nitrogens with zero attached hydrogens (tertiary/aromatic N) is 2. The molecule has 0 spiro atoms. The van der Waals surface area contributed by atoms with E-state index in [-0.39, 0.29) is 17.1 Å². The lowest BCUT2D eigenvalue weighted by Gasteiger charge is -2.55. The number of benzene rings is 1. The molecule has 0 atom stereocenters. The van der Waals surface area contributed by atoms with Gasteiger partial charge in [-0.1, -0.05) is 0 Å². The van der Waals surface area contributed by atoms with E-state index in [4.69, 9.17) is 0 Å². The zero-order valence-electron chi connectivity index (χ0n) is 15.3. The first-order chi connectivity index (χ1) is 12.5. The van der Waals surface area contributed by atoms with Gasteiger partial charge in [0.1, 0.15) is 11.6 Å². The molecule has 4 fully saturated rings. The molecule has 1 aromatic carbocycles. The van der Waals surface area contributed by atoms with Crippen LogP contribution in [0.25, 0.3) is 11.0 Å². The van der Waals surface area contributed by atoms with Gasteiger partial charge in [0, 0.05) is 25.4 Å². The molecule has 1 heterocycles. The molecule has 0 saturated heterocycles. The van der Waals surface area contributed by atoms with Crippen LogP contribution in [0.4, 0.5) is 4.39 Å². The molecule has 4 aliphatic carbocycles. The van der Waals surface area contributed by atoms with E-state index in [0.29, 0.717) is 13.0 Å². The van der Waals surface area contributed by atoms with E-state index >= 15 is 0 Å². The van der Waals surface area contributed by atoms with Crippen molar-refractivity contribution in [2.24, 2.45) is 30.2 Å². The van der Waals surface area contributed by atoms with Crippen molar-refractivity contribution >= 4 is 16.9 Å². The van der Waals surface area contributed by atoms with Crippen LogP contribution < -0.4 is 5.32 Å². The maximum Gasteiger partial charge on any atom is 0.226 e. The van der Waals surface area contributed by atoms with Gasteiger partial charge in [-0.2, -0.15) is 0 Å². The molecule has 1 N–H and O–H groups in total. The number of hydrogen-bond donors (Lipinski definition) is 1. The highest BCUT2D eigenvalue weighted by Gasteiger charge is 2.54. The van der Waals surface area contributed by atoms with Crippen LogP contribution in [0, 0.1) is 29.0 Å². The van der Waals surface area contributed by atoms with Crippen molar-refractivity contribution in [1.82, 2.24) is 14.9 Å². The van der Waals surface area contributed by atoms with Crippen molar-refractivity contribution in [2.75, 3.05) is 6.54 Å². The second kappa shape index (κ2) is 5.80. The largest absolute Gasteiger partial charge is 0.355 e. The van der Waals surface area contributed by atoms with E-state index in [0.717, 1.165) is 53.9 Å². The molecule has 1 aromatic heterocycles. The van der Waals surface area contributed by atoms with Crippen LogP contribution in [-0.2, 0) is 18.3 Å². The van der Waals surface area contributed by atoms with E-state index in [2.05, 4.69) is 10.3 Å². The topological polar surface area (TPSA) is 46.9 Å². The zero-order valence-corrected chi connectivity index (χ0v) is 15.3. The van der Waals surface area contributed by atoms with Crippen molar-refractivity contribution in [3.63, 3.8) is 0 Å². The van der Waals surface area contributed by atoms with Gasteiger partial charge in [-0.05, 0) is 74.5 Å². The van der Waals surface area contributed by atoms with Gasteiger partial charge in [-0.25, -0.2) is 9.37 Å². The van der Waals surface area contributed by atoms with Gasteiger partial charge in [-0.3, -0.25) is 4.79 Å². The molecule has 4 bridgehead atoms. The monoisotopic (exact) mass is 355 g/mol. The summed E-state index contributed by atoms with van der Waals surface area (Å²) >= 11 is 0. The molecule has 26 heavy (non-hydrogen) atoms. The van der Waals surface area contributed by atoms with Gasteiger partial charge < -0.3 is 9.88 Å². The molecule has 5 heteroatoms. The quantitative estimate of drug-likeness (QED) is 0.911. The van der Waals surface area contributed by atoms with Crippen LogP contribution >= 0.6 is 0 Å². The highest BCUT2D eigenvalue weighted by Crippen LogP contribution is 2.60. The maximum atomic E-state index is 13.4. The number of fused-ring (bicyclic) bond motifs is 1. The summed E-state index contributed by atoms with van der Waals surface area (Å²) in [7, 11) is 1.91. The Hall–Kier alpha value is -1.91. The Labute approximate surface area is 153 Å². The fourth-order valence-electron chi connectivity index (χ4n) is 6.30. The Kier molecular flexibility index (Phi) is 3.63. The van der Waals surface area contributed by atoms with Gasteiger partial charge in [0.05, 0.1) is 11.0 Å². The van der Waals surface area contributed by atoms with Crippen molar-refractivity contribution in [2.45, 2.75) is 44.9 Å². The minimum Gasteiger partial charge on any atom is -0.355 e. The molecule has 6 rings (SSSR count). The fourth-order valence-corrected chi connectivity index (χ4v) is 6.30. The third-order valence-electron chi connectivity index (χ3n) is 7.09. The fraction of sp³-hybridized carbons (Fsp3) is 0.619. The molecule has 4 saturated carbocycles. The van der Waals surface area contributed by atoms with Crippen LogP contribution in [0.15, 0.2) is 18.2 Å². The molecule has 2 aromatic rings. The summed E-state index contributed by atoms with van der Waals surface area (Å²) in [6.45, 7) is 0.597. The molecule has 4 nitrogen and oxygen atoms in total. The van der Waals surface area contributed by atoms with Gasteiger partial charge >= 0.3 is 0 Å². The summed E-state index contributed by atoms with van der Waals surface area (Å²) in [5.74, 6) is 3.24. The van der Waals surface area contributed by atoms with Gasteiger partial charge in [0.15, 0.2) is 0 Å². The molecule has 138 valence electrons. The summed E-state index contributed by atoms with van der Waals surface area (Å²) in [5, 5.41) is 3.20. The molecule has 0 aliphatic heterocycles. The second-order valence-corrected chi connectivity index (χ2v) is 8.92. The van der Waals surface area contributed by atoms with Crippen molar-refractivity contribution < 1.29 is 9.18 Å². The van der Waals surface area contributed by atoms with Gasteiger partial charge in [0.25, 0.3) is 0 Å². The first kappa shape index (κ1) is 16.3. The molecular weight excluding hydrogens is 329 g/mol. The number of amides is 1. The number of nitrogens with one attached hydrogen (secondary N) is 1. The number of carbonyl (C=O) groups is 1. The van der Waals surface area contributed by atoms with E-state index in [1.807, 2.05) is 11.6 Å². The number of aromatic nitrogens is 2. The normalized spacial score (nSPS) is 32.3. The minimum absolute atomic E-state index is 0.0930. The molecular formula is C21H26FN3O. The van der Waals surface area contributed by atoms with Crippen molar-refractivity contribution in [3.8, 4) is 0 Å². The zero-order chi connectivity index (χ0) is 17.9. The van der Waals surface area contributed by atoms with Gasteiger partial charge in [-0.15, -0.1) is 0 Å². The van der Waals surface area contributed by atoms with Gasteiger partial charge in [0.2, 0.25) is 5.91 Å². The second-order valence-electron chi connectivity index (χ2n) is 8.92. The van der Waals surface area contributed by atoms with E-state index in [1.54, 1.807) is 6.07 Å². The van der Waals surface area contributed by atoms with Crippen molar-refractivity contribution in [3.05, 3.63) is 29.8 Å². The Balaban J connectivity index is 1.26. The Bertz CT molecular complexity index is 836. The third kappa shape index (κ3) is 2.55. The summed E-state index contributed by atoms with van der Waals surface area (Å²) in [6.07, 6.45) is 8.00. The molecule has 1 amide bonds. The predicted molar refractivity (Wildman–Crippen MR) is 98.0 cm³/mol. The van der Waals surface area contributed by atoms with Crippen LogP contribution in [0.3, 0.4) is 0 Å². The van der Waals surface area contributed by atoms with Crippen LogP contribution in [0.1, 0.15) is 44.3 Å². The maximum absolute atomic E-state index is 13.4. The standard InChI is InChI=1S/C21H26FN3O/c1-25-18-9-16(22)2-3-17(18)24-19(25)4-5-23-20(26)21-10-13-6-14(11-21)8-15(7-13)12-21/h2-3,9,13-15H,4-8,10-12H2,1H3,(H,23,26). The van der Waals surface area contributed by atoms with Crippen LogP contribution in [0.5, 0.6) is 0 Å². The molecule has 0 radical (unpaired) electrons. The number of halogens is 1. The predicted octanol–water partition coefficient (Wildman–Crippen LogP) is 3.59. The highest BCUT2D eigenvalue weighted by atomic mass is 19.1. The van der Waals surface area contributed by atoms with Crippen LogP contribution in [0.2, 0.25) is 0 Å². The highest BCUT2D eigenvalue weighted by molar-refractivity contribution is 5.83. The minimum atomic E-state index is -0.248. The van der Waals surface area contributed by atoms with E-state index in [1.165, 1.54) is 31.4 Å². The first-order valence-electron chi connectivity index (χ1n) is 9.91. The summed E-state index contributed by atoms with van der Waals surface area (Å²) < 4.78 is 15.4. The smallest absolute Gasteiger partial charge is 0.226 e. The Morgan fingerprint density at radius 3 is 2.54 bits per heavy atom. The van der Waals surface area contributed by atoms with Crippen LogP contribution in [-0.4, -0.2) is 22.0 Å². The lowest BCUT2D eigenvalue weighted by Crippen LogP contribution is -2.53. The summed E-state index contributed by atoms with van der Waals surface area (Å²) in [4.78, 5) is 17.6. The first-order valence-corrected chi connectivity index (χ1v) is 9.91. The number of hydrogen-bond acceptors (Lipinski definition) is 2. The number of aryl methyl sites for hydroxylation is 1. The van der Waals surface area contributed by atoms with E-state index in [9.17, 15) is 9.18 Å². The number of carbonyl (C=O) groups excluding carboxylic acids is 1. The average Bonchev–Trinajstić information content (AvgIpc) is 2.89.